The molecule has 3 rings (SSSR count). The van der Waals surface area contributed by atoms with Crippen LogP contribution in [0.3, 0.4) is 0 Å². The van der Waals surface area contributed by atoms with Crippen LogP contribution in [0.4, 0.5) is 0 Å². The Balaban J connectivity index is 1.49. The first kappa shape index (κ1) is 13.9. The van der Waals surface area contributed by atoms with Crippen LogP contribution in [-0.4, -0.2) is 35.2 Å². The van der Waals surface area contributed by atoms with Crippen LogP contribution in [0.1, 0.15) is 70.6 Å². The number of β-amino-alcohol motifs (C(OH)–C–C–N with tert-alkyl or cyclic N) is 1. The average molecular weight is 265 g/mol. The van der Waals surface area contributed by atoms with E-state index in [0.717, 1.165) is 30.8 Å². The summed E-state index contributed by atoms with van der Waals surface area (Å²) < 4.78 is 0. The van der Waals surface area contributed by atoms with Crippen molar-refractivity contribution in [3.8, 4) is 0 Å². The van der Waals surface area contributed by atoms with Gasteiger partial charge in [0.25, 0.3) is 0 Å². The number of fused-ring (bicyclic) bond motifs is 1. The van der Waals surface area contributed by atoms with E-state index in [4.69, 9.17) is 0 Å². The molecular formula is C17H31NO. The fourth-order valence-corrected chi connectivity index (χ4v) is 4.93. The van der Waals surface area contributed by atoms with Gasteiger partial charge in [-0.1, -0.05) is 38.5 Å². The highest BCUT2D eigenvalue weighted by molar-refractivity contribution is 4.88. The number of likely N-dealkylation sites (tertiary alicyclic amines) is 1. The zero-order chi connectivity index (χ0) is 13.1. The van der Waals surface area contributed by atoms with Gasteiger partial charge in [0.2, 0.25) is 0 Å². The van der Waals surface area contributed by atoms with Crippen molar-refractivity contribution >= 4 is 0 Å². The van der Waals surface area contributed by atoms with Gasteiger partial charge >= 0.3 is 0 Å². The summed E-state index contributed by atoms with van der Waals surface area (Å²) >= 11 is 0. The van der Waals surface area contributed by atoms with Crippen LogP contribution in [-0.2, 0) is 0 Å². The fourth-order valence-electron chi connectivity index (χ4n) is 4.93. The minimum Gasteiger partial charge on any atom is -0.392 e. The molecule has 1 heterocycles. The summed E-state index contributed by atoms with van der Waals surface area (Å²) in [7, 11) is 0. The molecule has 2 nitrogen and oxygen atoms in total. The number of hydrogen-bond acceptors (Lipinski definition) is 2. The number of aliphatic hydroxyl groups excluding tert-OH is 1. The molecule has 3 aliphatic rings. The molecule has 0 radical (unpaired) electrons. The minimum absolute atomic E-state index is 0.0659. The first-order valence-corrected chi connectivity index (χ1v) is 8.75. The van der Waals surface area contributed by atoms with Crippen molar-refractivity contribution in [1.82, 2.24) is 4.90 Å². The average Bonchev–Trinajstić information content (AvgIpc) is 2.92. The van der Waals surface area contributed by atoms with Gasteiger partial charge in [0.05, 0.1) is 6.10 Å². The summed E-state index contributed by atoms with van der Waals surface area (Å²) in [6.45, 7) is 2.20. The molecule has 2 aliphatic carbocycles. The number of nitrogens with zero attached hydrogens (tertiary/aromatic N) is 1. The molecular weight excluding hydrogens is 234 g/mol. The van der Waals surface area contributed by atoms with Crippen molar-refractivity contribution < 1.29 is 5.11 Å². The maximum Gasteiger partial charge on any atom is 0.0669 e. The normalized spacial score (nSPS) is 35.2. The van der Waals surface area contributed by atoms with Crippen LogP contribution in [0.5, 0.6) is 0 Å². The van der Waals surface area contributed by atoms with E-state index in [9.17, 15) is 5.11 Å². The number of aliphatic hydroxyl groups is 1. The molecule has 110 valence electrons. The molecule has 1 aliphatic heterocycles. The number of piperidine rings is 1. The zero-order valence-electron chi connectivity index (χ0n) is 12.4. The molecule has 0 amide bonds. The zero-order valence-corrected chi connectivity index (χ0v) is 12.4. The van der Waals surface area contributed by atoms with E-state index in [2.05, 4.69) is 4.90 Å². The molecule has 3 unspecified atom stereocenters. The van der Waals surface area contributed by atoms with Crippen molar-refractivity contribution in [3.05, 3.63) is 0 Å². The van der Waals surface area contributed by atoms with E-state index in [0.29, 0.717) is 0 Å². The summed E-state index contributed by atoms with van der Waals surface area (Å²) in [6.07, 6.45) is 15.0. The maximum absolute atomic E-state index is 10.4. The van der Waals surface area contributed by atoms with Gasteiger partial charge in [-0.05, 0) is 50.5 Å². The number of hydrogen-bond donors (Lipinski definition) is 1. The van der Waals surface area contributed by atoms with Gasteiger partial charge in [-0.2, -0.15) is 0 Å². The van der Waals surface area contributed by atoms with E-state index >= 15 is 0 Å². The molecule has 2 heteroatoms. The Kier molecular flexibility index (Phi) is 4.81. The van der Waals surface area contributed by atoms with Crippen molar-refractivity contribution in [2.24, 2.45) is 11.8 Å². The van der Waals surface area contributed by atoms with Crippen LogP contribution in [0.25, 0.3) is 0 Å². The molecule has 3 fully saturated rings. The molecule has 1 N–H and O–H groups in total. The van der Waals surface area contributed by atoms with Gasteiger partial charge < -0.3 is 5.11 Å². The SMILES string of the molecule is OC(CC1CCCC1)CN1CCCC2CCCCC21. The largest absolute Gasteiger partial charge is 0.392 e. The lowest BCUT2D eigenvalue weighted by Crippen LogP contribution is -2.49. The summed E-state index contributed by atoms with van der Waals surface area (Å²) in [5, 5.41) is 10.4. The highest BCUT2D eigenvalue weighted by Crippen LogP contribution is 2.36. The van der Waals surface area contributed by atoms with Gasteiger partial charge in [0.15, 0.2) is 0 Å². The molecule has 0 spiro atoms. The second-order valence-electron chi connectivity index (χ2n) is 7.29. The van der Waals surface area contributed by atoms with Gasteiger partial charge in [-0.25, -0.2) is 0 Å². The molecule has 1 saturated heterocycles. The van der Waals surface area contributed by atoms with E-state index < -0.39 is 0 Å². The van der Waals surface area contributed by atoms with Gasteiger partial charge in [0.1, 0.15) is 0 Å². The Morgan fingerprint density at radius 1 is 0.895 bits per heavy atom. The predicted molar refractivity (Wildman–Crippen MR) is 79.1 cm³/mol. The summed E-state index contributed by atoms with van der Waals surface area (Å²) in [5.74, 6) is 1.77. The van der Waals surface area contributed by atoms with Gasteiger partial charge in [0, 0.05) is 12.6 Å². The van der Waals surface area contributed by atoms with Crippen molar-refractivity contribution in [2.45, 2.75) is 82.8 Å². The van der Waals surface area contributed by atoms with E-state index in [1.54, 1.807) is 0 Å². The highest BCUT2D eigenvalue weighted by Gasteiger charge is 2.34. The smallest absolute Gasteiger partial charge is 0.0669 e. The van der Waals surface area contributed by atoms with E-state index in [1.807, 2.05) is 0 Å². The maximum atomic E-state index is 10.4. The molecule has 3 atom stereocenters. The first-order chi connectivity index (χ1) is 9.33. The third-order valence-electron chi connectivity index (χ3n) is 5.88. The van der Waals surface area contributed by atoms with Crippen LogP contribution < -0.4 is 0 Å². The standard InChI is InChI=1S/C17H31NO/c19-16(12-14-6-1-2-7-14)13-18-11-5-9-15-8-3-4-10-17(15)18/h14-17,19H,1-13H2. The Hall–Kier alpha value is -0.0800. The molecule has 0 aromatic rings. The van der Waals surface area contributed by atoms with Crippen LogP contribution in [0.2, 0.25) is 0 Å². The molecule has 19 heavy (non-hydrogen) atoms. The van der Waals surface area contributed by atoms with Crippen molar-refractivity contribution in [3.63, 3.8) is 0 Å². The lowest BCUT2D eigenvalue weighted by atomic mass is 9.78. The fraction of sp³-hybridized carbons (Fsp3) is 1.00. The van der Waals surface area contributed by atoms with Crippen LogP contribution in [0.15, 0.2) is 0 Å². The Labute approximate surface area is 118 Å². The second kappa shape index (κ2) is 6.58. The Morgan fingerprint density at radius 3 is 2.42 bits per heavy atom. The summed E-state index contributed by atoms with van der Waals surface area (Å²) in [5.41, 5.74) is 0. The lowest BCUT2D eigenvalue weighted by molar-refractivity contribution is 0.0141. The Bertz CT molecular complexity index is 272. The third kappa shape index (κ3) is 3.52. The van der Waals surface area contributed by atoms with Gasteiger partial charge in [-0.3, -0.25) is 4.90 Å². The molecule has 0 bridgehead atoms. The highest BCUT2D eigenvalue weighted by atomic mass is 16.3. The van der Waals surface area contributed by atoms with Crippen LogP contribution in [0, 0.1) is 11.8 Å². The third-order valence-corrected chi connectivity index (χ3v) is 5.88. The quantitative estimate of drug-likeness (QED) is 0.840. The lowest BCUT2D eigenvalue weighted by Gasteiger charge is -2.45. The Morgan fingerprint density at radius 2 is 1.58 bits per heavy atom. The molecule has 0 aromatic heterocycles. The summed E-state index contributed by atoms with van der Waals surface area (Å²) in [6, 6.07) is 0.806. The van der Waals surface area contributed by atoms with E-state index in [1.165, 1.54) is 70.8 Å². The minimum atomic E-state index is -0.0659. The monoisotopic (exact) mass is 265 g/mol. The predicted octanol–water partition coefficient (Wildman–Crippen LogP) is 3.58. The topological polar surface area (TPSA) is 23.5 Å². The van der Waals surface area contributed by atoms with Crippen LogP contribution >= 0.6 is 0 Å². The number of rotatable bonds is 4. The molecule has 2 saturated carbocycles. The van der Waals surface area contributed by atoms with Gasteiger partial charge in [-0.15, -0.1) is 0 Å². The molecule has 0 aromatic carbocycles. The first-order valence-electron chi connectivity index (χ1n) is 8.75. The van der Waals surface area contributed by atoms with Crippen molar-refractivity contribution in [2.75, 3.05) is 13.1 Å². The van der Waals surface area contributed by atoms with Crippen molar-refractivity contribution in [1.29, 1.82) is 0 Å². The second-order valence-corrected chi connectivity index (χ2v) is 7.29. The summed E-state index contributed by atoms with van der Waals surface area (Å²) in [4.78, 5) is 2.65. The van der Waals surface area contributed by atoms with E-state index in [-0.39, 0.29) is 6.10 Å².